The van der Waals surface area contributed by atoms with E-state index in [-0.39, 0.29) is 5.91 Å². The lowest BCUT2D eigenvalue weighted by atomic mass is 10.0. The van der Waals surface area contributed by atoms with Gasteiger partial charge < -0.3 is 19.4 Å². The normalized spacial score (nSPS) is 17.4. The highest BCUT2D eigenvalue weighted by Crippen LogP contribution is 2.24. The molecule has 184 valence electrons. The Morgan fingerprint density at radius 3 is 2.23 bits per heavy atom. The molecule has 35 heavy (non-hydrogen) atoms. The number of likely N-dealkylation sites (tertiary alicyclic amines) is 1. The summed E-state index contributed by atoms with van der Waals surface area (Å²) in [5, 5.41) is 2.14. The lowest BCUT2D eigenvalue weighted by Crippen LogP contribution is -2.48. The number of hydrogen-bond donors (Lipinski definition) is 0. The van der Waals surface area contributed by atoms with E-state index in [0.717, 1.165) is 67.8 Å². The van der Waals surface area contributed by atoms with Crippen LogP contribution >= 0.6 is 0 Å². The van der Waals surface area contributed by atoms with Crippen molar-refractivity contribution in [1.29, 1.82) is 0 Å². The van der Waals surface area contributed by atoms with Gasteiger partial charge in [0.25, 0.3) is 5.91 Å². The van der Waals surface area contributed by atoms with Gasteiger partial charge in [-0.15, -0.1) is 0 Å². The molecule has 0 saturated carbocycles. The first-order chi connectivity index (χ1) is 17.3. The first-order valence-corrected chi connectivity index (χ1v) is 13.3. The number of rotatable bonds is 7. The van der Waals surface area contributed by atoms with E-state index >= 15 is 0 Å². The van der Waals surface area contributed by atoms with Crippen molar-refractivity contribution in [3.05, 3.63) is 72.3 Å². The van der Waals surface area contributed by atoms with Crippen LogP contribution in [0.15, 0.2) is 66.7 Å². The molecular weight excluding hydrogens is 434 g/mol. The minimum Gasteiger partial charge on any atom is -0.494 e. The number of carbonyl (C=O) groups is 1. The Morgan fingerprint density at radius 2 is 1.46 bits per heavy atom. The first-order valence-electron chi connectivity index (χ1n) is 13.3. The van der Waals surface area contributed by atoms with Crippen LogP contribution in [0.4, 0.5) is 5.69 Å². The number of nitrogens with zero attached hydrogens (tertiary/aromatic N) is 3. The molecule has 1 amide bonds. The predicted molar refractivity (Wildman–Crippen MR) is 144 cm³/mol. The molecule has 3 aromatic rings. The minimum absolute atomic E-state index is 0.130. The average Bonchev–Trinajstić information content (AvgIpc) is 3.20. The van der Waals surface area contributed by atoms with Crippen LogP contribution in [0.2, 0.25) is 0 Å². The van der Waals surface area contributed by atoms with Gasteiger partial charge in [0.05, 0.1) is 6.61 Å². The number of carbonyl (C=O) groups excluding carboxylic acids is 1. The molecule has 2 heterocycles. The van der Waals surface area contributed by atoms with E-state index in [0.29, 0.717) is 0 Å². The van der Waals surface area contributed by atoms with Crippen molar-refractivity contribution in [3.8, 4) is 5.75 Å². The smallest absolute Gasteiger partial charge is 0.254 e. The van der Waals surface area contributed by atoms with Crippen LogP contribution in [0.25, 0.3) is 10.8 Å². The van der Waals surface area contributed by atoms with Gasteiger partial charge in [-0.25, -0.2) is 0 Å². The summed E-state index contributed by atoms with van der Waals surface area (Å²) < 4.78 is 6.01. The largest absolute Gasteiger partial charge is 0.494 e. The highest BCUT2D eigenvalue weighted by Gasteiger charge is 2.23. The van der Waals surface area contributed by atoms with Crippen molar-refractivity contribution in [2.24, 2.45) is 0 Å². The fourth-order valence-electron chi connectivity index (χ4n) is 5.34. The van der Waals surface area contributed by atoms with E-state index in [2.05, 4.69) is 46.2 Å². The molecule has 2 aliphatic rings. The van der Waals surface area contributed by atoms with E-state index < -0.39 is 0 Å². The molecule has 5 heteroatoms. The molecule has 2 fully saturated rings. The minimum atomic E-state index is 0.130. The lowest BCUT2D eigenvalue weighted by Gasteiger charge is -2.36. The maximum Gasteiger partial charge on any atom is 0.254 e. The van der Waals surface area contributed by atoms with Gasteiger partial charge in [0.2, 0.25) is 0 Å². The number of anilines is 1. The van der Waals surface area contributed by atoms with Gasteiger partial charge in [-0.05, 0) is 73.5 Å². The van der Waals surface area contributed by atoms with Gasteiger partial charge in [-0.2, -0.15) is 0 Å². The highest BCUT2D eigenvalue weighted by molar-refractivity contribution is 6.07. The first kappa shape index (κ1) is 23.7. The Balaban J connectivity index is 1.09. The van der Waals surface area contributed by atoms with Crippen LogP contribution in [0.3, 0.4) is 0 Å². The molecule has 3 aromatic carbocycles. The van der Waals surface area contributed by atoms with Crippen LogP contribution in [0.5, 0.6) is 5.75 Å². The zero-order valence-corrected chi connectivity index (χ0v) is 20.7. The summed E-state index contributed by atoms with van der Waals surface area (Å²) in [6.45, 7) is 7.54. The van der Waals surface area contributed by atoms with Crippen LogP contribution in [-0.4, -0.2) is 68.1 Å². The third-order valence-electron chi connectivity index (χ3n) is 7.37. The van der Waals surface area contributed by atoms with Gasteiger partial charge in [0, 0.05) is 44.0 Å². The fraction of sp³-hybridized carbons (Fsp3) is 0.433. The quantitative estimate of drug-likeness (QED) is 0.430. The van der Waals surface area contributed by atoms with Crippen molar-refractivity contribution >= 4 is 22.4 Å². The fourth-order valence-corrected chi connectivity index (χ4v) is 5.34. The van der Waals surface area contributed by atoms with Crippen LogP contribution in [-0.2, 0) is 0 Å². The molecule has 0 bridgehead atoms. The monoisotopic (exact) mass is 471 g/mol. The Kier molecular flexibility index (Phi) is 7.84. The Labute approximate surface area is 209 Å². The second-order valence-corrected chi connectivity index (χ2v) is 9.76. The third-order valence-corrected chi connectivity index (χ3v) is 7.37. The van der Waals surface area contributed by atoms with Crippen molar-refractivity contribution in [1.82, 2.24) is 9.80 Å². The highest BCUT2D eigenvalue weighted by atomic mass is 16.5. The molecule has 0 N–H and O–H groups in total. The Hall–Kier alpha value is -3.05. The van der Waals surface area contributed by atoms with Crippen LogP contribution in [0.1, 0.15) is 42.5 Å². The van der Waals surface area contributed by atoms with E-state index in [1.807, 2.05) is 35.2 Å². The molecule has 5 rings (SSSR count). The molecule has 5 nitrogen and oxygen atoms in total. The summed E-state index contributed by atoms with van der Waals surface area (Å²) >= 11 is 0. The van der Waals surface area contributed by atoms with Gasteiger partial charge in [0.15, 0.2) is 0 Å². The average molecular weight is 472 g/mol. The summed E-state index contributed by atoms with van der Waals surface area (Å²) in [6, 6.07) is 22.6. The van der Waals surface area contributed by atoms with Gasteiger partial charge in [-0.1, -0.05) is 49.2 Å². The summed E-state index contributed by atoms with van der Waals surface area (Å²) in [6.07, 6.45) is 6.53. The summed E-state index contributed by atoms with van der Waals surface area (Å²) in [5.41, 5.74) is 1.99. The van der Waals surface area contributed by atoms with Crippen LogP contribution < -0.4 is 9.64 Å². The van der Waals surface area contributed by atoms with Crippen molar-refractivity contribution < 1.29 is 9.53 Å². The summed E-state index contributed by atoms with van der Waals surface area (Å²) in [7, 11) is 0. The second kappa shape index (κ2) is 11.6. The molecule has 0 unspecified atom stereocenters. The maximum absolute atomic E-state index is 13.2. The molecule has 2 aliphatic heterocycles. The molecule has 0 aromatic heterocycles. The molecular formula is C30H37N3O2. The third kappa shape index (κ3) is 5.96. The van der Waals surface area contributed by atoms with Crippen LogP contribution in [0, 0.1) is 0 Å². The number of fused-ring (bicyclic) bond motifs is 1. The summed E-state index contributed by atoms with van der Waals surface area (Å²) in [4.78, 5) is 20.2. The molecule has 0 atom stereocenters. The van der Waals surface area contributed by atoms with E-state index in [1.165, 1.54) is 44.5 Å². The van der Waals surface area contributed by atoms with Crippen molar-refractivity contribution in [2.75, 3.05) is 57.3 Å². The number of ether oxygens (including phenoxy) is 1. The number of benzene rings is 3. The molecule has 0 aliphatic carbocycles. The Bertz CT molecular complexity index is 1090. The molecule has 0 radical (unpaired) electrons. The molecule has 0 spiro atoms. The zero-order chi connectivity index (χ0) is 23.9. The summed E-state index contributed by atoms with van der Waals surface area (Å²) in [5.74, 6) is 1.07. The topological polar surface area (TPSA) is 36.0 Å². The van der Waals surface area contributed by atoms with E-state index in [1.54, 1.807) is 0 Å². The lowest BCUT2D eigenvalue weighted by molar-refractivity contribution is 0.0749. The maximum atomic E-state index is 13.2. The number of amides is 1. The SMILES string of the molecule is O=C(c1cccc2ccccc12)N1CCN(c2ccc(OCCCN3CCCCCC3)cc2)CC1. The predicted octanol–water partition coefficient (Wildman–Crippen LogP) is 5.45. The van der Waals surface area contributed by atoms with Gasteiger partial charge >= 0.3 is 0 Å². The number of hydrogen-bond acceptors (Lipinski definition) is 4. The zero-order valence-electron chi connectivity index (χ0n) is 20.7. The van der Waals surface area contributed by atoms with E-state index in [9.17, 15) is 4.79 Å². The Morgan fingerprint density at radius 1 is 0.743 bits per heavy atom. The van der Waals surface area contributed by atoms with Crippen molar-refractivity contribution in [2.45, 2.75) is 32.1 Å². The van der Waals surface area contributed by atoms with E-state index in [4.69, 9.17) is 4.74 Å². The standard InChI is InChI=1S/C30H37N3O2/c34-30(29-12-7-10-25-9-3-4-11-28(25)29)33-22-20-32(21-23-33)26-13-15-27(16-14-26)35-24-8-19-31-17-5-1-2-6-18-31/h3-4,7,9-16H,1-2,5-6,8,17-24H2. The van der Waals surface area contributed by atoms with Gasteiger partial charge in [-0.3, -0.25) is 4.79 Å². The number of piperazine rings is 1. The van der Waals surface area contributed by atoms with Crippen molar-refractivity contribution in [3.63, 3.8) is 0 Å². The molecule has 2 saturated heterocycles. The second-order valence-electron chi connectivity index (χ2n) is 9.76. The van der Waals surface area contributed by atoms with Gasteiger partial charge in [0.1, 0.15) is 5.75 Å².